The highest BCUT2D eigenvalue weighted by atomic mass is 32.2. The Morgan fingerprint density at radius 3 is 2.59 bits per heavy atom. The minimum atomic E-state index is -0.589. The van der Waals surface area contributed by atoms with Crippen LogP contribution in [0.5, 0.6) is 0 Å². The van der Waals surface area contributed by atoms with Crippen molar-refractivity contribution in [3.63, 3.8) is 0 Å². The molecule has 9 nitrogen and oxygen atoms in total. The van der Waals surface area contributed by atoms with E-state index in [0.717, 1.165) is 5.69 Å². The average molecular weight is 451 g/mol. The van der Waals surface area contributed by atoms with Gasteiger partial charge in [-0.15, -0.1) is 0 Å². The van der Waals surface area contributed by atoms with Crippen LogP contribution in [0, 0.1) is 5.82 Å². The molecule has 4 aromatic rings. The maximum absolute atomic E-state index is 13.1. The SMILES string of the molecule is CSc1ncc(C(=O)OCc2nc(N)nc(Nc3ccc(F)cc3)n2)n1-c1ccccc1. The summed E-state index contributed by atoms with van der Waals surface area (Å²) < 4.78 is 20.2. The number of halogens is 1. The van der Waals surface area contributed by atoms with Crippen LogP contribution in [0.4, 0.5) is 22.0 Å². The van der Waals surface area contributed by atoms with Gasteiger partial charge in [-0.25, -0.2) is 14.2 Å². The molecule has 0 saturated carbocycles. The van der Waals surface area contributed by atoms with Gasteiger partial charge >= 0.3 is 5.97 Å². The van der Waals surface area contributed by atoms with Gasteiger partial charge in [-0.05, 0) is 42.7 Å². The molecule has 4 rings (SSSR count). The van der Waals surface area contributed by atoms with Gasteiger partial charge in [-0.2, -0.15) is 15.0 Å². The number of anilines is 3. The molecule has 0 atom stereocenters. The summed E-state index contributed by atoms with van der Waals surface area (Å²) in [5.74, 6) is -0.693. The molecule has 0 aliphatic carbocycles. The van der Waals surface area contributed by atoms with Gasteiger partial charge in [-0.1, -0.05) is 30.0 Å². The van der Waals surface area contributed by atoms with Crippen LogP contribution in [-0.2, 0) is 11.3 Å². The van der Waals surface area contributed by atoms with E-state index < -0.39 is 5.97 Å². The Labute approximate surface area is 186 Å². The number of esters is 1. The molecular weight excluding hydrogens is 433 g/mol. The zero-order chi connectivity index (χ0) is 22.5. The van der Waals surface area contributed by atoms with Crippen molar-refractivity contribution in [2.45, 2.75) is 11.8 Å². The summed E-state index contributed by atoms with van der Waals surface area (Å²) in [6.45, 7) is -0.224. The predicted molar refractivity (Wildman–Crippen MR) is 118 cm³/mol. The molecule has 0 aliphatic rings. The first-order valence-corrected chi connectivity index (χ1v) is 10.6. The Balaban J connectivity index is 1.51. The Bertz CT molecular complexity index is 1230. The van der Waals surface area contributed by atoms with Crippen molar-refractivity contribution < 1.29 is 13.9 Å². The number of nitrogens with zero attached hydrogens (tertiary/aromatic N) is 5. The van der Waals surface area contributed by atoms with E-state index in [1.807, 2.05) is 36.6 Å². The van der Waals surface area contributed by atoms with Crippen LogP contribution >= 0.6 is 11.8 Å². The van der Waals surface area contributed by atoms with Crippen LogP contribution in [0.25, 0.3) is 5.69 Å². The molecule has 0 aliphatic heterocycles. The van der Waals surface area contributed by atoms with E-state index in [1.54, 1.807) is 4.57 Å². The molecule has 0 unspecified atom stereocenters. The molecule has 0 amide bonds. The molecular formula is C21H18FN7O2S. The third kappa shape index (κ3) is 4.83. The lowest BCUT2D eigenvalue weighted by molar-refractivity contribution is 0.0452. The van der Waals surface area contributed by atoms with Gasteiger partial charge in [0.25, 0.3) is 0 Å². The normalized spacial score (nSPS) is 10.7. The van der Waals surface area contributed by atoms with Crippen molar-refractivity contribution in [1.29, 1.82) is 0 Å². The molecule has 0 saturated heterocycles. The number of para-hydroxylation sites is 1. The summed E-state index contributed by atoms with van der Waals surface area (Å²) in [6.07, 6.45) is 3.34. The maximum atomic E-state index is 13.1. The molecule has 162 valence electrons. The van der Waals surface area contributed by atoms with Gasteiger partial charge in [0.15, 0.2) is 23.3 Å². The van der Waals surface area contributed by atoms with E-state index in [0.29, 0.717) is 10.8 Å². The molecule has 2 aromatic heterocycles. The topological polar surface area (TPSA) is 121 Å². The number of rotatable bonds is 7. The lowest BCUT2D eigenvalue weighted by atomic mass is 10.3. The molecule has 0 bridgehead atoms. The van der Waals surface area contributed by atoms with Gasteiger partial charge in [-0.3, -0.25) is 4.57 Å². The lowest BCUT2D eigenvalue weighted by Gasteiger charge is -2.11. The largest absolute Gasteiger partial charge is 0.453 e. The third-order valence-corrected chi connectivity index (χ3v) is 4.92. The number of nitrogens with two attached hydrogens (primary N) is 1. The van der Waals surface area contributed by atoms with Crippen molar-refractivity contribution in [1.82, 2.24) is 24.5 Å². The smallest absolute Gasteiger partial charge is 0.357 e. The Kier molecular flexibility index (Phi) is 6.26. The zero-order valence-electron chi connectivity index (χ0n) is 16.9. The number of nitrogen functional groups attached to an aromatic ring is 1. The average Bonchev–Trinajstić information content (AvgIpc) is 3.24. The molecule has 11 heteroatoms. The third-order valence-electron chi connectivity index (χ3n) is 4.27. The van der Waals surface area contributed by atoms with E-state index in [4.69, 9.17) is 10.5 Å². The summed E-state index contributed by atoms with van der Waals surface area (Å²) in [6, 6.07) is 15.0. The summed E-state index contributed by atoms with van der Waals surface area (Å²) in [4.78, 5) is 29.3. The van der Waals surface area contributed by atoms with Crippen molar-refractivity contribution >= 4 is 35.3 Å². The number of carbonyl (C=O) groups is 1. The maximum Gasteiger partial charge on any atom is 0.357 e. The summed E-state index contributed by atoms with van der Waals surface area (Å²) in [7, 11) is 0. The van der Waals surface area contributed by atoms with Crippen molar-refractivity contribution in [3.8, 4) is 5.69 Å². The number of thioether (sulfide) groups is 1. The van der Waals surface area contributed by atoms with E-state index in [-0.39, 0.29) is 35.8 Å². The molecule has 32 heavy (non-hydrogen) atoms. The van der Waals surface area contributed by atoms with Crippen LogP contribution in [0.3, 0.4) is 0 Å². The zero-order valence-corrected chi connectivity index (χ0v) is 17.7. The monoisotopic (exact) mass is 451 g/mol. The van der Waals surface area contributed by atoms with E-state index in [2.05, 4.69) is 25.3 Å². The van der Waals surface area contributed by atoms with Crippen molar-refractivity contribution in [2.24, 2.45) is 0 Å². The number of imidazole rings is 1. The second-order valence-corrected chi connectivity index (χ2v) is 7.22. The first kappa shape index (κ1) is 21.2. The minimum absolute atomic E-state index is 0.0466. The second-order valence-electron chi connectivity index (χ2n) is 6.44. The fourth-order valence-corrected chi connectivity index (χ4v) is 3.42. The highest BCUT2D eigenvalue weighted by Crippen LogP contribution is 2.22. The number of hydrogen-bond donors (Lipinski definition) is 2. The Morgan fingerprint density at radius 2 is 1.88 bits per heavy atom. The fourth-order valence-electron chi connectivity index (χ4n) is 2.87. The van der Waals surface area contributed by atoms with Crippen molar-refractivity contribution in [2.75, 3.05) is 17.3 Å². The lowest BCUT2D eigenvalue weighted by Crippen LogP contribution is -2.14. The van der Waals surface area contributed by atoms with Crippen LogP contribution in [0.1, 0.15) is 16.3 Å². The quantitative estimate of drug-likeness (QED) is 0.321. The van der Waals surface area contributed by atoms with Gasteiger partial charge < -0.3 is 15.8 Å². The fraction of sp³-hybridized carbons (Fsp3) is 0.0952. The number of benzene rings is 2. The summed E-state index contributed by atoms with van der Waals surface area (Å²) in [5, 5.41) is 3.56. The first-order valence-electron chi connectivity index (χ1n) is 9.41. The van der Waals surface area contributed by atoms with Crippen molar-refractivity contribution in [3.05, 3.63) is 78.1 Å². The second kappa shape index (κ2) is 9.43. The van der Waals surface area contributed by atoms with Crippen LogP contribution in [0.2, 0.25) is 0 Å². The number of aromatic nitrogens is 5. The highest BCUT2D eigenvalue weighted by molar-refractivity contribution is 7.98. The molecule has 3 N–H and O–H groups in total. The van der Waals surface area contributed by atoms with Gasteiger partial charge in [0.2, 0.25) is 11.9 Å². The summed E-state index contributed by atoms with van der Waals surface area (Å²) >= 11 is 1.41. The van der Waals surface area contributed by atoms with Gasteiger partial charge in [0.1, 0.15) is 5.82 Å². The number of hydrogen-bond acceptors (Lipinski definition) is 9. The summed E-state index contributed by atoms with van der Waals surface area (Å²) in [5.41, 5.74) is 7.38. The molecule has 2 heterocycles. The van der Waals surface area contributed by atoms with Gasteiger partial charge in [0.05, 0.1) is 6.20 Å². The number of carbonyl (C=O) groups excluding carboxylic acids is 1. The number of nitrogens with one attached hydrogen (secondary N) is 1. The number of ether oxygens (including phenoxy) is 1. The molecule has 2 aromatic carbocycles. The first-order chi connectivity index (χ1) is 15.5. The van der Waals surface area contributed by atoms with Crippen LogP contribution in [0.15, 0.2) is 66.0 Å². The van der Waals surface area contributed by atoms with E-state index in [9.17, 15) is 9.18 Å². The van der Waals surface area contributed by atoms with Gasteiger partial charge in [0, 0.05) is 11.4 Å². The Morgan fingerprint density at radius 1 is 1.12 bits per heavy atom. The van der Waals surface area contributed by atoms with E-state index in [1.165, 1.54) is 42.2 Å². The molecule has 0 fully saturated rings. The minimum Gasteiger partial charge on any atom is -0.453 e. The van der Waals surface area contributed by atoms with Crippen LogP contribution < -0.4 is 11.1 Å². The van der Waals surface area contributed by atoms with E-state index >= 15 is 0 Å². The van der Waals surface area contributed by atoms with Crippen LogP contribution in [-0.4, -0.2) is 36.7 Å². The highest BCUT2D eigenvalue weighted by Gasteiger charge is 2.19. The molecule has 0 radical (unpaired) electrons. The predicted octanol–water partition coefficient (Wildman–Crippen LogP) is 3.60. The molecule has 0 spiro atoms. The standard InChI is InChI=1S/C21H18FN7O2S/c1-32-21-24-11-16(29(21)15-5-3-2-4-6-15)18(30)31-12-17-26-19(23)28-20(27-17)25-14-9-7-13(22)8-10-14/h2-11H,12H2,1H3,(H3,23,25,26,27,28). The Hall–Kier alpha value is -3.99.